The third kappa shape index (κ3) is 5.73. The Kier molecular flexibility index (Phi) is 7.90. The van der Waals surface area contributed by atoms with E-state index in [1.807, 2.05) is 32.9 Å². The summed E-state index contributed by atoms with van der Waals surface area (Å²) in [6.07, 6.45) is 0.203. The second kappa shape index (κ2) is 9.94. The van der Waals surface area contributed by atoms with Gasteiger partial charge in [0, 0.05) is 28.7 Å². The second-order valence-electron chi connectivity index (χ2n) is 6.97. The number of hydrogen-bond donors (Lipinski definition) is 1. The highest BCUT2D eigenvalue weighted by Gasteiger charge is 2.27. The molecule has 2 aromatic rings. The van der Waals surface area contributed by atoms with E-state index < -0.39 is 6.04 Å². The van der Waals surface area contributed by atoms with Crippen molar-refractivity contribution in [2.24, 2.45) is 0 Å². The summed E-state index contributed by atoms with van der Waals surface area (Å²) in [6, 6.07) is 10.6. The first-order valence-electron chi connectivity index (χ1n) is 9.30. The van der Waals surface area contributed by atoms with E-state index in [2.05, 4.69) is 11.4 Å². The summed E-state index contributed by atoms with van der Waals surface area (Å²) in [6.45, 7) is 8.22. The van der Waals surface area contributed by atoms with Crippen LogP contribution in [0.25, 0.3) is 0 Å². The van der Waals surface area contributed by atoms with Crippen LogP contribution in [0.2, 0.25) is 10.0 Å². The maximum Gasteiger partial charge on any atom is 0.242 e. The van der Waals surface area contributed by atoms with E-state index in [0.717, 1.165) is 16.7 Å². The van der Waals surface area contributed by atoms with Gasteiger partial charge in [0.25, 0.3) is 0 Å². The van der Waals surface area contributed by atoms with Crippen molar-refractivity contribution in [2.45, 2.75) is 46.7 Å². The molecular formula is C22H26Cl2N2O2. The molecule has 0 heterocycles. The van der Waals surface area contributed by atoms with Crippen LogP contribution >= 0.6 is 23.2 Å². The number of amides is 2. The molecule has 0 aliphatic rings. The van der Waals surface area contributed by atoms with Crippen molar-refractivity contribution in [1.82, 2.24) is 10.2 Å². The number of nitrogens with one attached hydrogen (secondary N) is 1. The molecule has 0 saturated heterocycles. The predicted octanol–water partition coefficient (Wildman–Crippen LogP) is 4.71. The number of hydrogen-bond acceptors (Lipinski definition) is 2. The number of halogens is 2. The van der Waals surface area contributed by atoms with Crippen LogP contribution < -0.4 is 5.32 Å². The van der Waals surface area contributed by atoms with Gasteiger partial charge in [0.1, 0.15) is 6.04 Å². The summed E-state index contributed by atoms with van der Waals surface area (Å²) in [5, 5.41) is 3.72. The zero-order valence-electron chi connectivity index (χ0n) is 16.7. The summed E-state index contributed by atoms with van der Waals surface area (Å²) in [7, 11) is 0. The summed E-state index contributed by atoms with van der Waals surface area (Å²) in [4.78, 5) is 27.1. The molecule has 0 aliphatic carbocycles. The monoisotopic (exact) mass is 420 g/mol. The minimum absolute atomic E-state index is 0.153. The quantitative estimate of drug-likeness (QED) is 0.704. The normalized spacial score (nSPS) is 11.8. The Balaban J connectivity index is 2.33. The Hall–Kier alpha value is -2.04. The van der Waals surface area contributed by atoms with E-state index in [1.54, 1.807) is 25.1 Å². The second-order valence-corrected chi connectivity index (χ2v) is 7.78. The van der Waals surface area contributed by atoms with Gasteiger partial charge in [-0.3, -0.25) is 9.59 Å². The molecule has 28 heavy (non-hydrogen) atoms. The van der Waals surface area contributed by atoms with Crippen molar-refractivity contribution < 1.29 is 9.59 Å². The molecule has 150 valence electrons. The van der Waals surface area contributed by atoms with Crippen LogP contribution in [0.15, 0.2) is 36.4 Å². The first-order chi connectivity index (χ1) is 13.2. The number of nitrogens with zero attached hydrogens (tertiary/aromatic N) is 1. The third-order valence-electron chi connectivity index (χ3n) is 4.55. The topological polar surface area (TPSA) is 49.4 Å². The van der Waals surface area contributed by atoms with Crippen LogP contribution in [-0.2, 0) is 22.6 Å². The molecule has 6 heteroatoms. The Labute approximate surface area is 176 Å². The number of carbonyl (C=O) groups is 2. The van der Waals surface area contributed by atoms with E-state index in [4.69, 9.17) is 23.2 Å². The third-order valence-corrected chi connectivity index (χ3v) is 5.25. The summed E-state index contributed by atoms with van der Waals surface area (Å²) in [5.41, 5.74) is 3.75. The molecule has 1 atom stereocenters. The van der Waals surface area contributed by atoms with Crippen LogP contribution in [0.1, 0.15) is 36.1 Å². The predicted molar refractivity (Wildman–Crippen MR) is 115 cm³/mol. The SMILES string of the molecule is CCNC(=O)C(C)N(Cc1c(Cl)cccc1Cl)C(=O)Cc1cc(C)cc(C)c1. The Morgan fingerprint density at radius 3 is 2.18 bits per heavy atom. The van der Waals surface area contributed by atoms with Gasteiger partial charge in [-0.15, -0.1) is 0 Å². The van der Waals surface area contributed by atoms with Crippen molar-refractivity contribution in [3.05, 3.63) is 68.7 Å². The van der Waals surface area contributed by atoms with Gasteiger partial charge in [-0.05, 0) is 45.4 Å². The maximum absolute atomic E-state index is 13.2. The summed E-state index contributed by atoms with van der Waals surface area (Å²) >= 11 is 12.6. The van der Waals surface area contributed by atoms with Crippen molar-refractivity contribution in [3.63, 3.8) is 0 Å². The minimum atomic E-state index is -0.648. The molecule has 1 unspecified atom stereocenters. The lowest BCUT2D eigenvalue weighted by molar-refractivity contribution is -0.140. The lowest BCUT2D eigenvalue weighted by atomic mass is 10.0. The molecule has 0 fully saturated rings. The van der Waals surface area contributed by atoms with Gasteiger partial charge in [0.15, 0.2) is 0 Å². The summed E-state index contributed by atoms with van der Waals surface area (Å²) < 4.78 is 0. The molecule has 0 aliphatic heterocycles. The van der Waals surface area contributed by atoms with E-state index in [0.29, 0.717) is 22.2 Å². The number of carbonyl (C=O) groups excluding carboxylic acids is 2. The van der Waals surface area contributed by atoms with Gasteiger partial charge in [0.05, 0.1) is 6.42 Å². The number of rotatable bonds is 7. The van der Waals surface area contributed by atoms with Gasteiger partial charge in [-0.25, -0.2) is 0 Å². The zero-order chi connectivity index (χ0) is 20.8. The molecule has 0 aromatic heterocycles. The lowest BCUT2D eigenvalue weighted by Crippen LogP contribution is -2.48. The first-order valence-corrected chi connectivity index (χ1v) is 10.1. The van der Waals surface area contributed by atoms with Gasteiger partial charge in [-0.2, -0.15) is 0 Å². The van der Waals surface area contributed by atoms with Crippen LogP contribution in [-0.4, -0.2) is 29.3 Å². The number of likely N-dealkylation sites (N-methyl/N-ethyl adjacent to an activating group) is 1. The van der Waals surface area contributed by atoms with Crippen LogP contribution in [0.4, 0.5) is 0 Å². The summed E-state index contributed by atoms with van der Waals surface area (Å²) in [5.74, 6) is -0.362. The van der Waals surface area contributed by atoms with Crippen molar-refractivity contribution in [1.29, 1.82) is 0 Å². The average molecular weight is 421 g/mol. The smallest absolute Gasteiger partial charge is 0.242 e. The Bertz CT molecular complexity index is 827. The van der Waals surface area contributed by atoms with Crippen LogP contribution in [0.5, 0.6) is 0 Å². The number of aryl methyl sites for hydroxylation is 2. The molecule has 0 bridgehead atoms. The van der Waals surface area contributed by atoms with Crippen molar-refractivity contribution in [2.75, 3.05) is 6.54 Å². The fraction of sp³-hybridized carbons (Fsp3) is 0.364. The standard InChI is InChI=1S/C22H26Cl2N2O2/c1-5-25-22(28)16(4)26(13-18-19(23)7-6-8-20(18)24)21(27)12-17-10-14(2)9-15(3)11-17/h6-11,16H,5,12-13H2,1-4H3,(H,25,28). The van der Waals surface area contributed by atoms with E-state index in [-0.39, 0.29) is 24.8 Å². The van der Waals surface area contributed by atoms with E-state index >= 15 is 0 Å². The molecule has 2 amide bonds. The van der Waals surface area contributed by atoms with Gasteiger partial charge < -0.3 is 10.2 Å². The fourth-order valence-electron chi connectivity index (χ4n) is 3.21. The Morgan fingerprint density at radius 1 is 1.07 bits per heavy atom. The maximum atomic E-state index is 13.2. The minimum Gasteiger partial charge on any atom is -0.355 e. The van der Waals surface area contributed by atoms with Crippen molar-refractivity contribution in [3.8, 4) is 0 Å². The largest absolute Gasteiger partial charge is 0.355 e. The van der Waals surface area contributed by atoms with Gasteiger partial charge in [-0.1, -0.05) is 58.6 Å². The van der Waals surface area contributed by atoms with E-state index in [9.17, 15) is 9.59 Å². The molecule has 0 radical (unpaired) electrons. The van der Waals surface area contributed by atoms with Gasteiger partial charge in [0.2, 0.25) is 11.8 Å². The molecule has 4 nitrogen and oxygen atoms in total. The van der Waals surface area contributed by atoms with E-state index in [1.165, 1.54) is 4.90 Å². The molecule has 2 aromatic carbocycles. The van der Waals surface area contributed by atoms with Crippen molar-refractivity contribution >= 4 is 35.0 Å². The highest BCUT2D eigenvalue weighted by atomic mass is 35.5. The molecule has 1 N–H and O–H groups in total. The van der Waals surface area contributed by atoms with Gasteiger partial charge >= 0.3 is 0 Å². The Morgan fingerprint density at radius 2 is 1.64 bits per heavy atom. The zero-order valence-corrected chi connectivity index (χ0v) is 18.2. The fourth-order valence-corrected chi connectivity index (χ4v) is 3.72. The molecule has 0 spiro atoms. The molecule has 0 saturated carbocycles. The lowest BCUT2D eigenvalue weighted by Gasteiger charge is -2.29. The highest BCUT2D eigenvalue weighted by Crippen LogP contribution is 2.27. The molecular weight excluding hydrogens is 395 g/mol. The number of benzene rings is 2. The molecule has 2 rings (SSSR count). The average Bonchev–Trinajstić information content (AvgIpc) is 2.60. The first kappa shape index (κ1) is 22.3. The van der Waals surface area contributed by atoms with Crippen LogP contribution in [0.3, 0.4) is 0 Å². The van der Waals surface area contributed by atoms with Crippen LogP contribution in [0, 0.1) is 13.8 Å². The highest BCUT2D eigenvalue weighted by molar-refractivity contribution is 6.36.